The predicted molar refractivity (Wildman–Crippen MR) is 132 cm³/mol. The molecule has 2 N–H and O–H groups in total. The fourth-order valence-corrected chi connectivity index (χ4v) is 3.94. The van der Waals surface area contributed by atoms with E-state index in [1.54, 1.807) is 44.4 Å². The van der Waals surface area contributed by atoms with Crippen molar-refractivity contribution >= 4 is 29.0 Å². The first-order valence-electron chi connectivity index (χ1n) is 11.5. The minimum absolute atomic E-state index is 0.138. The molecule has 2 aromatic carbocycles. The van der Waals surface area contributed by atoms with Crippen molar-refractivity contribution < 1.29 is 23.9 Å². The van der Waals surface area contributed by atoms with Gasteiger partial charge >= 0.3 is 5.97 Å². The van der Waals surface area contributed by atoms with Crippen molar-refractivity contribution in [3.8, 4) is 5.75 Å². The van der Waals surface area contributed by atoms with E-state index in [2.05, 4.69) is 24.5 Å². The van der Waals surface area contributed by atoms with Crippen LogP contribution in [0.2, 0.25) is 0 Å². The van der Waals surface area contributed by atoms with Crippen LogP contribution in [0.5, 0.6) is 5.75 Å². The average Bonchev–Trinajstić information content (AvgIpc) is 2.78. The largest absolute Gasteiger partial charge is 0.497 e. The molecule has 1 amide bonds. The van der Waals surface area contributed by atoms with Gasteiger partial charge in [0.1, 0.15) is 5.75 Å². The Hall–Kier alpha value is -3.61. The smallest absolute Gasteiger partial charge is 0.305 e. The molecule has 0 unspecified atom stereocenters. The van der Waals surface area contributed by atoms with Crippen LogP contribution in [-0.4, -0.2) is 36.9 Å². The van der Waals surface area contributed by atoms with E-state index >= 15 is 0 Å². The summed E-state index contributed by atoms with van der Waals surface area (Å²) in [4.78, 5) is 36.5. The summed E-state index contributed by atoms with van der Waals surface area (Å²) in [5.74, 6) is 0.108. The highest BCUT2D eigenvalue weighted by Crippen LogP contribution is 2.32. The molecule has 0 spiro atoms. The lowest BCUT2D eigenvalue weighted by Crippen LogP contribution is -2.43. The van der Waals surface area contributed by atoms with Crippen LogP contribution in [-0.2, 0) is 20.7 Å². The molecule has 3 rings (SSSR count). The standard InChI is InChI=1S/C27H32N2O5/c1-5-34-26(32)8-6-7-25(31)28-20-12-9-18(10-13-20)24(30)16-23-22-15-21(33-4)14-11-19(22)17-27(2,3)29-23/h9-16,29H,5-8,17H2,1-4H3,(H,28,31). The van der Waals surface area contributed by atoms with Gasteiger partial charge in [0.2, 0.25) is 5.91 Å². The summed E-state index contributed by atoms with van der Waals surface area (Å²) in [7, 11) is 1.62. The number of ketones is 1. The van der Waals surface area contributed by atoms with E-state index in [4.69, 9.17) is 9.47 Å². The van der Waals surface area contributed by atoms with Gasteiger partial charge in [0, 0.05) is 47.0 Å². The summed E-state index contributed by atoms with van der Waals surface area (Å²) in [6.07, 6.45) is 3.30. The Morgan fingerprint density at radius 2 is 1.82 bits per heavy atom. The summed E-state index contributed by atoms with van der Waals surface area (Å²) in [6, 6.07) is 12.7. The number of benzene rings is 2. The summed E-state index contributed by atoms with van der Waals surface area (Å²) < 4.78 is 10.2. The molecule has 34 heavy (non-hydrogen) atoms. The van der Waals surface area contributed by atoms with Gasteiger partial charge in [-0.05, 0) is 75.6 Å². The molecule has 0 saturated heterocycles. The van der Waals surface area contributed by atoms with E-state index in [1.807, 2.05) is 18.2 Å². The number of nitrogens with one attached hydrogen (secondary N) is 2. The maximum absolute atomic E-state index is 13.0. The lowest BCUT2D eigenvalue weighted by Gasteiger charge is -2.35. The highest BCUT2D eigenvalue weighted by Gasteiger charge is 2.28. The van der Waals surface area contributed by atoms with Crippen LogP contribution in [0.4, 0.5) is 5.69 Å². The monoisotopic (exact) mass is 464 g/mol. The zero-order valence-corrected chi connectivity index (χ0v) is 20.2. The molecule has 7 nitrogen and oxygen atoms in total. The molecule has 7 heteroatoms. The molecule has 1 aliphatic heterocycles. The molecule has 0 fully saturated rings. The average molecular weight is 465 g/mol. The van der Waals surface area contributed by atoms with E-state index < -0.39 is 0 Å². The second-order valence-electron chi connectivity index (χ2n) is 8.92. The highest BCUT2D eigenvalue weighted by molar-refractivity contribution is 6.09. The molecule has 2 aromatic rings. The number of ether oxygens (including phenoxy) is 2. The summed E-state index contributed by atoms with van der Waals surface area (Å²) >= 11 is 0. The first kappa shape index (κ1) is 25.0. The van der Waals surface area contributed by atoms with Gasteiger partial charge in [0.05, 0.1) is 13.7 Å². The molecule has 0 radical (unpaired) electrons. The topological polar surface area (TPSA) is 93.7 Å². The van der Waals surface area contributed by atoms with Crippen molar-refractivity contribution in [2.75, 3.05) is 19.0 Å². The minimum atomic E-state index is -0.302. The lowest BCUT2D eigenvalue weighted by molar-refractivity contribution is -0.143. The van der Waals surface area contributed by atoms with E-state index in [0.29, 0.717) is 24.3 Å². The van der Waals surface area contributed by atoms with E-state index in [0.717, 1.165) is 29.0 Å². The SMILES string of the molecule is CCOC(=O)CCCC(=O)Nc1ccc(C(=O)C=C2NC(C)(C)Cc3ccc(OC)cc32)cc1. The summed E-state index contributed by atoms with van der Waals surface area (Å²) in [6.45, 7) is 6.28. The molecule has 0 aromatic heterocycles. The fourth-order valence-electron chi connectivity index (χ4n) is 3.94. The quantitative estimate of drug-likeness (QED) is 0.322. The molecule has 180 valence electrons. The molecule has 1 heterocycles. The van der Waals surface area contributed by atoms with E-state index in [-0.39, 0.29) is 36.0 Å². The zero-order chi connectivity index (χ0) is 24.7. The molecule has 0 saturated carbocycles. The van der Waals surface area contributed by atoms with Crippen molar-refractivity contribution in [1.82, 2.24) is 5.32 Å². The molecular weight excluding hydrogens is 432 g/mol. The number of carbonyl (C=O) groups excluding carboxylic acids is 3. The fraction of sp³-hybridized carbons (Fsp3) is 0.370. The Balaban J connectivity index is 1.67. The Labute approximate surface area is 200 Å². The first-order valence-corrected chi connectivity index (χ1v) is 11.5. The Kier molecular flexibility index (Phi) is 8.10. The molecule has 1 aliphatic rings. The number of allylic oxidation sites excluding steroid dienone is 1. The number of methoxy groups -OCH3 is 1. The van der Waals surface area contributed by atoms with Crippen LogP contribution < -0.4 is 15.4 Å². The van der Waals surface area contributed by atoms with Crippen LogP contribution in [0.3, 0.4) is 0 Å². The number of carbonyl (C=O) groups is 3. The molecule has 0 atom stereocenters. The third-order valence-corrected chi connectivity index (χ3v) is 5.53. The van der Waals surface area contributed by atoms with Gasteiger partial charge in [0.15, 0.2) is 5.78 Å². The van der Waals surface area contributed by atoms with Gasteiger partial charge in [-0.1, -0.05) is 6.07 Å². The van der Waals surface area contributed by atoms with E-state index in [1.165, 1.54) is 0 Å². The molecule has 0 bridgehead atoms. The van der Waals surface area contributed by atoms with Gasteiger partial charge in [-0.25, -0.2) is 0 Å². The van der Waals surface area contributed by atoms with Crippen LogP contribution in [0, 0.1) is 0 Å². The maximum Gasteiger partial charge on any atom is 0.305 e. The Bertz CT molecular complexity index is 1090. The number of fused-ring (bicyclic) bond motifs is 1. The highest BCUT2D eigenvalue weighted by atomic mass is 16.5. The van der Waals surface area contributed by atoms with Crippen molar-refractivity contribution in [2.24, 2.45) is 0 Å². The maximum atomic E-state index is 13.0. The van der Waals surface area contributed by atoms with Crippen molar-refractivity contribution in [3.05, 3.63) is 65.2 Å². The van der Waals surface area contributed by atoms with Crippen LogP contribution in [0.25, 0.3) is 5.70 Å². The van der Waals surface area contributed by atoms with Crippen molar-refractivity contribution in [2.45, 2.75) is 52.0 Å². The van der Waals surface area contributed by atoms with Gasteiger partial charge in [-0.15, -0.1) is 0 Å². The van der Waals surface area contributed by atoms with Crippen LogP contribution in [0.15, 0.2) is 48.5 Å². The Morgan fingerprint density at radius 1 is 1.09 bits per heavy atom. The Morgan fingerprint density at radius 3 is 2.50 bits per heavy atom. The van der Waals surface area contributed by atoms with Crippen molar-refractivity contribution in [1.29, 1.82) is 0 Å². The number of hydrogen-bond acceptors (Lipinski definition) is 6. The lowest BCUT2D eigenvalue weighted by atomic mass is 9.85. The molecule has 0 aliphatic carbocycles. The molecular formula is C27H32N2O5. The van der Waals surface area contributed by atoms with Gasteiger partial charge < -0.3 is 20.1 Å². The summed E-state index contributed by atoms with van der Waals surface area (Å²) in [5, 5.41) is 6.26. The second-order valence-corrected chi connectivity index (χ2v) is 8.92. The number of hydrogen-bond donors (Lipinski definition) is 2. The summed E-state index contributed by atoms with van der Waals surface area (Å²) in [5.41, 5.74) is 3.80. The van der Waals surface area contributed by atoms with Gasteiger partial charge in [-0.3, -0.25) is 14.4 Å². The number of amides is 1. The third kappa shape index (κ3) is 6.70. The minimum Gasteiger partial charge on any atom is -0.497 e. The normalized spacial score (nSPS) is 15.1. The van der Waals surface area contributed by atoms with Gasteiger partial charge in [-0.2, -0.15) is 0 Å². The van der Waals surface area contributed by atoms with Crippen LogP contribution >= 0.6 is 0 Å². The van der Waals surface area contributed by atoms with Crippen LogP contribution in [0.1, 0.15) is 61.5 Å². The van der Waals surface area contributed by atoms with E-state index in [9.17, 15) is 14.4 Å². The third-order valence-electron chi connectivity index (χ3n) is 5.53. The zero-order valence-electron chi connectivity index (χ0n) is 20.2. The number of anilines is 1. The van der Waals surface area contributed by atoms with Crippen molar-refractivity contribution in [3.63, 3.8) is 0 Å². The second kappa shape index (κ2) is 11.0. The predicted octanol–water partition coefficient (Wildman–Crippen LogP) is 4.52. The van der Waals surface area contributed by atoms with Gasteiger partial charge in [0.25, 0.3) is 0 Å². The number of esters is 1. The first-order chi connectivity index (χ1) is 16.2. The number of rotatable bonds is 9.